The summed E-state index contributed by atoms with van der Waals surface area (Å²) in [6.45, 7) is 10.5. The van der Waals surface area contributed by atoms with Crippen molar-refractivity contribution < 1.29 is 4.74 Å². The maximum atomic E-state index is 9.03. The minimum atomic E-state index is -0.330. The van der Waals surface area contributed by atoms with E-state index in [9.17, 15) is 0 Å². The van der Waals surface area contributed by atoms with Crippen molar-refractivity contribution >= 4 is 0 Å². The van der Waals surface area contributed by atoms with Gasteiger partial charge in [-0.15, -0.1) is 0 Å². The van der Waals surface area contributed by atoms with Gasteiger partial charge in [0, 0.05) is 12.1 Å². The van der Waals surface area contributed by atoms with Crippen molar-refractivity contribution in [3.63, 3.8) is 0 Å². The molecule has 1 N–H and O–H groups in total. The largest absolute Gasteiger partial charge is 0.493 e. The quantitative estimate of drug-likeness (QED) is 0.733. The van der Waals surface area contributed by atoms with E-state index in [2.05, 4.69) is 43.4 Å². The van der Waals surface area contributed by atoms with Gasteiger partial charge in [-0.3, -0.25) is 0 Å². The van der Waals surface area contributed by atoms with Crippen molar-refractivity contribution in [3.05, 3.63) is 29.3 Å². The third kappa shape index (κ3) is 5.22. The first-order valence-corrected chi connectivity index (χ1v) is 7.33. The normalized spacial score (nSPS) is 11.2. The fourth-order valence-corrected chi connectivity index (χ4v) is 1.92. The molecule has 0 saturated heterocycles. The highest BCUT2D eigenvalue weighted by molar-refractivity contribution is 5.40. The Morgan fingerprint density at radius 1 is 1.35 bits per heavy atom. The topological polar surface area (TPSA) is 45.0 Å². The van der Waals surface area contributed by atoms with Gasteiger partial charge in [0.15, 0.2) is 0 Å². The van der Waals surface area contributed by atoms with Crippen LogP contribution < -0.4 is 10.1 Å². The molecular formula is C17H26N2O. The Kier molecular flexibility index (Phi) is 6.54. The predicted molar refractivity (Wildman–Crippen MR) is 82.7 cm³/mol. The van der Waals surface area contributed by atoms with Crippen LogP contribution in [0.2, 0.25) is 0 Å². The lowest BCUT2D eigenvalue weighted by atomic mass is 9.92. The molecule has 0 aromatic heterocycles. The third-order valence-electron chi connectivity index (χ3n) is 3.31. The maximum Gasteiger partial charge on any atom is 0.126 e. The molecule has 0 radical (unpaired) electrons. The molecule has 0 amide bonds. The average Bonchev–Trinajstić information content (AvgIpc) is 2.42. The lowest BCUT2D eigenvalue weighted by Gasteiger charge is -2.18. The van der Waals surface area contributed by atoms with E-state index in [0.29, 0.717) is 6.61 Å². The smallest absolute Gasteiger partial charge is 0.126 e. The zero-order valence-electron chi connectivity index (χ0n) is 13.1. The van der Waals surface area contributed by atoms with Gasteiger partial charge in [0.1, 0.15) is 5.75 Å². The highest BCUT2D eigenvalue weighted by Gasteiger charge is 2.17. The number of para-hydroxylation sites is 1. The Bertz CT molecular complexity index is 461. The van der Waals surface area contributed by atoms with Crippen LogP contribution in [0.5, 0.6) is 5.75 Å². The van der Waals surface area contributed by atoms with Crippen LogP contribution in [0, 0.1) is 23.7 Å². The first-order valence-electron chi connectivity index (χ1n) is 7.33. The van der Waals surface area contributed by atoms with Gasteiger partial charge < -0.3 is 10.1 Å². The second-order valence-corrected chi connectivity index (χ2v) is 5.83. The SMILES string of the molecule is CCCNCc1cccc(C)c1OCCC(C)(C)C#N. The Balaban J connectivity index is 2.66. The van der Waals surface area contributed by atoms with E-state index in [4.69, 9.17) is 10.00 Å². The summed E-state index contributed by atoms with van der Waals surface area (Å²) in [7, 11) is 0. The summed E-state index contributed by atoms with van der Waals surface area (Å²) in [5.74, 6) is 0.963. The molecule has 0 aliphatic carbocycles. The second kappa shape index (κ2) is 7.91. The highest BCUT2D eigenvalue weighted by Crippen LogP contribution is 2.25. The van der Waals surface area contributed by atoms with Gasteiger partial charge in [0.05, 0.1) is 18.1 Å². The van der Waals surface area contributed by atoms with Crippen LogP contribution in [0.25, 0.3) is 0 Å². The van der Waals surface area contributed by atoms with Gasteiger partial charge in [-0.1, -0.05) is 25.1 Å². The molecule has 0 bridgehead atoms. The van der Waals surface area contributed by atoms with Crippen LogP contribution in [-0.2, 0) is 6.54 Å². The summed E-state index contributed by atoms with van der Waals surface area (Å²) < 4.78 is 5.95. The van der Waals surface area contributed by atoms with E-state index in [1.165, 1.54) is 5.56 Å². The number of ether oxygens (including phenoxy) is 1. The van der Waals surface area contributed by atoms with Gasteiger partial charge in [-0.25, -0.2) is 0 Å². The molecule has 1 rings (SSSR count). The van der Waals surface area contributed by atoms with Crippen molar-refractivity contribution in [2.75, 3.05) is 13.2 Å². The molecule has 0 aliphatic rings. The Labute approximate surface area is 123 Å². The minimum Gasteiger partial charge on any atom is -0.493 e. The lowest BCUT2D eigenvalue weighted by molar-refractivity contribution is 0.260. The Morgan fingerprint density at radius 2 is 2.10 bits per heavy atom. The molecule has 0 spiro atoms. The van der Waals surface area contributed by atoms with Crippen molar-refractivity contribution in [2.24, 2.45) is 5.41 Å². The van der Waals surface area contributed by atoms with Crippen molar-refractivity contribution in [1.82, 2.24) is 5.32 Å². The first kappa shape index (κ1) is 16.5. The first-order chi connectivity index (χ1) is 9.50. The molecule has 0 atom stereocenters. The monoisotopic (exact) mass is 274 g/mol. The van der Waals surface area contributed by atoms with Crippen LogP contribution in [0.3, 0.4) is 0 Å². The Hall–Kier alpha value is -1.53. The fraction of sp³-hybridized carbons (Fsp3) is 0.588. The van der Waals surface area contributed by atoms with Crippen LogP contribution in [-0.4, -0.2) is 13.2 Å². The van der Waals surface area contributed by atoms with Crippen LogP contribution in [0.4, 0.5) is 0 Å². The number of hydrogen-bond donors (Lipinski definition) is 1. The van der Waals surface area contributed by atoms with Gasteiger partial charge in [0.2, 0.25) is 0 Å². The summed E-state index contributed by atoms with van der Waals surface area (Å²) in [5, 5.41) is 12.4. The lowest BCUT2D eigenvalue weighted by Crippen LogP contribution is -2.17. The molecule has 0 heterocycles. The summed E-state index contributed by atoms with van der Waals surface area (Å²) in [6.07, 6.45) is 1.86. The zero-order chi connectivity index (χ0) is 15.0. The number of nitrogens with one attached hydrogen (secondary N) is 1. The number of aryl methyl sites for hydroxylation is 1. The van der Waals surface area contributed by atoms with Crippen molar-refractivity contribution in [1.29, 1.82) is 5.26 Å². The van der Waals surface area contributed by atoms with Crippen molar-refractivity contribution in [3.8, 4) is 11.8 Å². The molecular weight excluding hydrogens is 248 g/mol. The van der Waals surface area contributed by atoms with Gasteiger partial charge in [0.25, 0.3) is 0 Å². The molecule has 0 unspecified atom stereocenters. The molecule has 20 heavy (non-hydrogen) atoms. The number of rotatable bonds is 8. The standard InChI is InChI=1S/C17H26N2O/c1-5-10-19-12-15-8-6-7-14(2)16(15)20-11-9-17(3,4)13-18/h6-8,19H,5,9-12H2,1-4H3. The highest BCUT2D eigenvalue weighted by atomic mass is 16.5. The van der Waals surface area contributed by atoms with E-state index in [0.717, 1.165) is 37.2 Å². The molecule has 0 aliphatic heterocycles. The summed E-state index contributed by atoms with van der Waals surface area (Å²) in [5.41, 5.74) is 2.01. The summed E-state index contributed by atoms with van der Waals surface area (Å²) in [4.78, 5) is 0. The zero-order valence-corrected chi connectivity index (χ0v) is 13.1. The van der Waals surface area contributed by atoms with Gasteiger partial charge >= 0.3 is 0 Å². The van der Waals surface area contributed by atoms with Crippen LogP contribution in [0.15, 0.2) is 18.2 Å². The van der Waals surface area contributed by atoms with Gasteiger partial charge in [-0.2, -0.15) is 5.26 Å². The average molecular weight is 274 g/mol. The number of hydrogen-bond acceptors (Lipinski definition) is 3. The molecule has 0 saturated carbocycles. The minimum absolute atomic E-state index is 0.330. The number of nitrogens with zero attached hydrogens (tertiary/aromatic N) is 1. The van der Waals surface area contributed by atoms with Crippen LogP contribution >= 0.6 is 0 Å². The summed E-state index contributed by atoms with van der Waals surface area (Å²) >= 11 is 0. The molecule has 3 heteroatoms. The van der Waals surface area contributed by atoms with Crippen molar-refractivity contribution in [2.45, 2.75) is 47.1 Å². The molecule has 1 aromatic carbocycles. The van der Waals surface area contributed by atoms with Gasteiger partial charge in [-0.05, 0) is 45.7 Å². The maximum absolute atomic E-state index is 9.03. The molecule has 110 valence electrons. The van der Waals surface area contributed by atoms with E-state index in [-0.39, 0.29) is 5.41 Å². The fourth-order valence-electron chi connectivity index (χ4n) is 1.92. The third-order valence-corrected chi connectivity index (χ3v) is 3.31. The van der Waals surface area contributed by atoms with E-state index >= 15 is 0 Å². The number of nitriles is 1. The van der Waals surface area contributed by atoms with E-state index in [1.807, 2.05) is 13.8 Å². The number of benzene rings is 1. The molecule has 0 fully saturated rings. The predicted octanol–water partition coefficient (Wildman–Crippen LogP) is 3.81. The van der Waals surface area contributed by atoms with E-state index < -0.39 is 0 Å². The van der Waals surface area contributed by atoms with E-state index in [1.54, 1.807) is 0 Å². The Morgan fingerprint density at radius 3 is 2.75 bits per heavy atom. The molecule has 3 nitrogen and oxygen atoms in total. The second-order valence-electron chi connectivity index (χ2n) is 5.83. The van der Waals surface area contributed by atoms with Crippen LogP contribution in [0.1, 0.15) is 44.7 Å². The molecule has 1 aromatic rings. The summed E-state index contributed by atoms with van der Waals surface area (Å²) in [6, 6.07) is 8.53.